The standard InChI is InChI=1S/C11H20O6.Y/c1-10(2)15-7-8(13)11(4-5-12,6-14-3)17-9(7)16-10;/h7-9,12-13H,4-6H2,1-3H3;/t7?,8-,9-,11+;/m1./s1. The predicted octanol–water partition coefficient (Wildman–Crippen LogP) is -0.380. The molecular weight excluding hydrogens is 317 g/mol. The van der Waals surface area contributed by atoms with Crippen LogP contribution in [0.4, 0.5) is 0 Å². The van der Waals surface area contributed by atoms with E-state index in [0.29, 0.717) is 0 Å². The van der Waals surface area contributed by atoms with Gasteiger partial charge in [-0.2, -0.15) is 0 Å². The van der Waals surface area contributed by atoms with E-state index in [9.17, 15) is 5.11 Å². The third-order valence-corrected chi connectivity index (χ3v) is 3.21. The second kappa shape index (κ2) is 6.10. The third-order valence-electron chi connectivity index (χ3n) is 3.21. The summed E-state index contributed by atoms with van der Waals surface area (Å²) in [6, 6.07) is 0. The normalized spacial score (nSPS) is 41.5. The number of hydrogen-bond donors (Lipinski definition) is 2. The van der Waals surface area contributed by atoms with Gasteiger partial charge in [0, 0.05) is 52.8 Å². The Kier molecular flexibility index (Phi) is 5.73. The first-order valence-electron chi connectivity index (χ1n) is 5.75. The van der Waals surface area contributed by atoms with E-state index in [1.165, 1.54) is 7.11 Å². The van der Waals surface area contributed by atoms with Crippen molar-refractivity contribution in [2.24, 2.45) is 0 Å². The minimum absolute atomic E-state index is 0. The molecule has 2 fully saturated rings. The zero-order valence-corrected chi connectivity index (χ0v) is 13.8. The number of rotatable bonds is 4. The minimum Gasteiger partial charge on any atom is -0.396 e. The van der Waals surface area contributed by atoms with E-state index in [-0.39, 0.29) is 52.3 Å². The van der Waals surface area contributed by atoms with Crippen molar-refractivity contribution in [1.29, 1.82) is 0 Å². The summed E-state index contributed by atoms with van der Waals surface area (Å²) in [5, 5.41) is 19.4. The largest absolute Gasteiger partial charge is 0.396 e. The summed E-state index contributed by atoms with van der Waals surface area (Å²) in [6.45, 7) is 3.63. The molecule has 2 N–H and O–H groups in total. The molecule has 0 amide bonds. The van der Waals surface area contributed by atoms with Crippen molar-refractivity contribution in [3.8, 4) is 0 Å². The van der Waals surface area contributed by atoms with Crippen LogP contribution in [0.25, 0.3) is 0 Å². The molecular formula is C11H20O6Y. The summed E-state index contributed by atoms with van der Waals surface area (Å²) >= 11 is 0. The Balaban J connectivity index is 0.00000162. The minimum atomic E-state index is -0.949. The molecule has 0 aliphatic carbocycles. The number of aliphatic hydroxyl groups is 2. The van der Waals surface area contributed by atoms with Gasteiger partial charge in [-0.15, -0.1) is 0 Å². The van der Waals surface area contributed by atoms with Crippen LogP contribution in [-0.4, -0.2) is 60.4 Å². The third kappa shape index (κ3) is 2.96. The Hall–Kier alpha value is 0.864. The SMILES string of the molecule is COC[C@]1(CCO)O[C@H]2OC(C)(C)OC2[C@H]1O.[Y]. The zero-order valence-electron chi connectivity index (χ0n) is 11.0. The van der Waals surface area contributed by atoms with Crippen molar-refractivity contribution in [3.63, 3.8) is 0 Å². The van der Waals surface area contributed by atoms with Crippen LogP contribution >= 0.6 is 0 Å². The monoisotopic (exact) mass is 337 g/mol. The Morgan fingerprint density at radius 2 is 1.89 bits per heavy atom. The molecule has 2 aliphatic rings. The number of fused-ring (bicyclic) bond motifs is 1. The molecule has 0 spiro atoms. The fourth-order valence-corrected chi connectivity index (χ4v) is 2.49. The molecule has 0 aromatic rings. The summed E-state index contributed by atoms with van der Waals surface area (Å²) < 4.78 is 21.9. The van der Waals surface area contributed by atoms with Gasteiger partial charge in [0.1, 0.15) is 17.8 Å². The Morgan fingerprint density at radius 3 is 2.39 bits per heavy atom. The average molecular weight is 337 g/mol. The molecule has 0 bridgehead atoms. The molecule has 18 heavy (non-hydrogen) atoms. The van der Waals surface area contributed by atoms with Crippen LogP contribution in [-0.2, 0) is 51.7 Å². The molecule has 1 radical (unpaired) electrons. The van der Waals surface area contributed by atoms with Gasteiger partial charge >= 0.3 is 0 Å². The van der Waals surface area contributed by atoms with Gasteiger partial charge in [0.05, 0.1) is 6.61 Å². The fraction of sp³-hybridized carbons (Fsp3) is 1.00. The quantitative estimate of drug-likeness (QED) is 0.728. The summed E-state index contributed by atoms with van der Waals surface area (Å²) in [4.78, 5) is 0. The van der Waals surface area contributed by atoms with Crippen LogP contribution in [0, 0.1) is 0 Å². The van der Waals surface area contributed by atoms with E-state index in [1.807, 2.05) is 0 Å². The number of aliphatic hydroxyl groups excluding tert-OH is 2. The van der Waals surface area contributed by atoms with E-state index in [0.717, 1.165) is 0 Å². The van der Waals surface area contributed by atoms with Crippen molar-refractivity contribution in [2.75, 3.05) is 20.3 Å². The predicted molar refractivity (Wildman–Crippen MR) is 57.2 cm³/mol. The molecule has 0 saturated carbocycles. The Bertz CT molecular complexity index is 279. The van der Waals surface area contributed by atoms with Gasteiger partial charge in [-0.3, -0.25) is 0 Å². The van der Waals surface area contributed by atoms with E-state index >= 15 is 0 Å². The van der Waals surface area contributed by atoms with Crippen LogP contribution in [0.15, 0.2) is 0 Å². The van der Waals surface area contributed by atoms with Crippen LogP contribution in [0.1, 0.15) is 20.3 Å². The van der Waals surface area contributed by atoms with Crippen molar-refractivity contribution in [3.05, 3.63) is 0 Å². The molecule has 0 aromatic carbocycles. The maximum Gasteiger partial charge on any atom is 0.190 e. The van der Waals surface area contributed by atoms with Gasteiger partial charge < -0.3 is 29.2 Å². The van der Waals surface area contributed by atoms with Crippen molar-refractivity contribution >= 4 is 0 Å². The summed E-state index contributed by atoms with van der Waals surface area (Å²) in [5.41, 5.74) is -0.949. The molecule has 4 atom stereocenters. The Labute approximate surface area is 132 Å². The first-order valence-corrected chi connectivity index (χ1v) is 5.75. The van der Waals surface area contributed by atoms with Crippen molar-refractivity contribution in [2.45, 2.75) is 50.2 Å². The first kappa shape index (κ1) is 16.9. The van der Waals surface area contributed by atoms with Gasteiger partial charge in [-0.25, -0.2) is 0 Å². The first-order chi connectivity index (χ1) is 7.94. The van der Waals surface area contributed by atoms with E-state index in [2.05, 4.69) is 0 Å². The molecule has 2 heterocycles. The summed E-state index contributed by atoms with van der Waals surface area (Å²) in [6.07, 6.45) is -1.74. The van der Waals surface area contributed by atoms with Crippen LogP contribution in [0.3, 0.4) is 0 Å². The topological polar surface area (TPSA) is 77.4 Å². The maximum atomic E-state index is 10.3. The fourth-order valence-electron chi connectivity index (χ4n) is 2.49. The van der Waals surface area contributed by atoms with E-state index < -0.39 is 29.9 Å². The molecule has 0 aromatic heterocycles. The number of ether oxygens (including phenoxy) is 4. The van der Waals surface area contributed by atoms with Crippen LogP contribution in [0.2, 0.25) is 0 Å². The van der Waals surface area contributed by atoms with E-state index in [1.54, 1.807) is 13.8 Å². The van der Waals surface area contributed by atoms with Gasteiger partial charge in [-0.05, 0) is 13.8 Å². The summed E-state index contributed by atoms with van der Waals surface area (Å²) in [7, 11) is 1.52. The van der Waals surface area contributed by atoms with Crippen LogP contribution < -0.4 is 0 Å². The number of hydrogen-bond acceptors (Lipinski definition) is 6. The van der Waals surface area contributed by atoms with E-state index in [4.69, 9.17) is 24.1 Å². The smallest absolute Gasteiger partial charge is 0.190 e. The van der Waals surface area contributed by atoms with Gasteiger partial charge in [0.2, 0.25) is 0 Å². The van der Waals surface area contributed by atoms with Crippen LogP contribution in [0.5, 0.6) is 0 Å². The van der Waals surface area contributed by atoms with Gasteiger partial charge in [0.15, 0.2) is 12.1 Å². The second-order valence-corrected chi connectivity index (χ2v) is 5.00. The zero-order chi connectivity index (χ0) is 12.7. The molecule has 2 rings (SSSR count). The van der Waals surface area contributed by atoms with Crippen molar-refractivity contribution in [1.82, 2.24) is 0 Å². The van der Waals surface area contributed by atoms with Gasteiger partial charge in [0.25, 0.3) is 0 Å². The number of methoxy groups -OCH3 is 1. The molecule has 2 saturated heterocycles. The molecule has 103 valence electrons. The maximum absolute atomic E-state index is 10.3. The Morgan fingerprint density at radius 1 is 1.22 bits per heavy atom. The molecule has 2 aliphatic heterocycles. The summed E-state index contributed by atoms with van der Waals surface area (Å²) in [5.74, 6) is -0.755. The molecule has 7 heteroatoms. The molecule has 1 unspecified atom stereocenters. The van der Waals surface area contributed by atoms with Crippen molar-refractivity contribution < 1.29 is 61.9 Å². The second-order valence-electron chi connectivity index (χ2n) is 5.00. The van der Waals surface area contributed by atoms with Gasteiger partial charge in [-0.1, -0.05) is 0 Å². The average Bonchev–Trinajstić information content (AvgIpc) is 2.63. The molecule has 6 nitrogen and oxygen atoms in total.